The summed E-state index contributed by atoms with van der Waals surface area (Å²) >= 11 is 0. The molecule has 0 aliphatic heterocycles. The van der Waals surface area contributed by atoms with Crippen LogP contribution in [-0.2, 0) is 0 Å². The summed E-state index contributed by atoms with van der Waals surface area (Å²) in [6, 6.07) is 3.82. The first-order valence-electron chi connectivity index (χ1n) is 3.52. The van der Waals surface area contributed by atoms with E-state index in [4.69, 9.17) is 15.4 Å². The van der Waals surface area contributed by atoms with Crippen LogP contribution in [0.25, 0.3) is 0 Å². The Morgan fingerprint density at radius 1 is 1.23 bits per heavy atom. The number of aliphatic hydroxyl groups is 1. The van der Waals surface area contributed by atoms with Crippen LogP contribution < -0.4 is 0 Å². The minimum absolute atomic E-state index is 0.267. The van der Waals surface area contributed by atoms with Gasteiger partial charge in [-0.3, -0.25) is 0 Å². The molecule has 4 N–H and O–H groups in total. The molecular weight excluding hydrogens is 174 g/mol. The van der Waals surface area contributed by atoms with E-state index in [-0.39, 0.29) is 11.5 Å². The van der Waals surface area contributed by atoms with Crippen LogP contribution in [0, 0.1) is 0 Å². The van der Waals surface area contributed by atoms with Crippen molar-refractivity contribution in [2.45, 2.75) is 6.10 Å². The van der Waals surface area contributed by atoms with E-state index >= 15 is 0 Å². The van der Waals surface area contributed by atoms with Crippen LogP contribution >= 0.6 is 0 Å². The molecule has 1 atom stereocenters. The van der Waals surface area contributed by atoms with Crippen molar-refractivity contribution < 1.29 is 20.5 Å². The topological polar surface area (TPSA) is 93.3 Å². The van der Waals surface area contributed by atoms with E-state index in [0.717, 1.165) is 6.21 Å². The van der Waals surface area contributed by atoms with Crippen molar-refractivity contribution in [3.05, 3.63) is 23.8 Å². The lowest BCUT2D eigenvalue weighted by Crippen LogP contribution is -1.97. The molecule has 0 aromatic heterocycles. The molecule has 0 heterocycles. The molecule has 0 saturated heterocycles. The highest BCUT2D eigenvalue weighted by Gasteiger charge is 2.07. The summed E-state index contributed by atoms with van der Waals surface area (Å²) in [6.45, 7) is 0. The summed E-state index contributed by atoms with van der Waals surface area (Å²) in [5, 5.41) is 38.0. The molecule has 0 spiro atoms. The van der Waals surface area contributed by atoms with Gasteiger partial charge in [-0.1, -0.05) is 11.2 Å². The van der Waals surface area contributed by atoms with Crippen LogP contribution in [0.15, 0.2) is 23.4 Å². The van der Waals surface area contributed by atoms with Gasteiger partial charge in [0, 0.05) is 0 Å². The van der Waals surface area contributed by atoms with Gasteiger partial charge in [-0.15, -0.1) is 0 Å². The van der Waals surface area contributed by atoms with Crippen LogP contribution in [0.1, 0.15) is 11.7 Å². The summed E-state index contributed by atoms with van der Waals surface area (Å²) in [5.41, 5.74) is 0.327. The van der Waals surface area contributed by atoms with Crippen LogP contribution in [0.5, 0.6) is 11.5 Å². The van der Waals surface area contributed by atoms with E-state index in [1.54, 1.807) is 0 Å². The zero-order chi connectivity index (χ0) is 9.84. The molecule has 1 aromatic rings. The lowest BCUT2D eigenvalue weighted by molar-refractivity contribution is 0.241. The van der Waals surface area contributed by atoms with Crippen molar-refractivity contribution in [2.24, 2.45) is 5.16 Å². The Hall–Kier alpha value is -1.75. The first-order valence-corrected chi connectivity index (χ1v) is 3.52. The number of oxime groups is 1. The van der Waals surface area contributed by atoms with E-state index in [1.165, 1.54) is 18.2 Å². The fourth-order valence-corrected chi connectivity index (χ4v) is 0.874. The second-order valence-electron chi connectivity index (χ2n) is 2.46. The number of hydrogen-bond donors (Lipinski definition) is 4. The van der Waals surface area contributed by atoms with E-state index in [0.29, 0.717) is 5.56 Å². The molecule has 0 fully saturated rings. The highest BCUT2D eigenvalue weighted by molar-refractivity contribution is 5.65. The van der Waals surface area contributed by atoms with E-state index in [1.807, 2.05) is 0 Å². The van der Waals surface area contributed by atoms with Crippen molar-refractivity contribution in [3.8, 4) is 11.5 Å². The van der Waals surface area contributed by atoms with Gasteiger partial charge in [-0.05, 0) is 17.7 Å². The number of phenols is 2. The van der Waals surface area contributed by atoms with Gasteiger partial charge in [0.2, 0.25) is 0 Å². The molecule has 5 heteroatoms. The summed E-state index contributed by atoms with van der Waals surface area (Å²) in [4.78, 5) is 0. The second-order valence-corrected chi connectivity index (χ2v) is 2.46. The summed E-state index contributed by atoms with van der Waals surface area (Å²) in [6.07, 6.45) is -0.206. The van der Waals surface area contributed by atoms with Gasteiger partial charge in [0.15, 0.2) is 11.5 Å². The standard InChI is InChI=1S/C8H9NO4/c10-6-2-1-5(3-7(6)11)8(12)4-9-13/h1-4,8,10-13H/b9-4+. The molecule has 0 bridgehead atoms. The largest absolute Gasteiger partial charge is 0.504 e. The molecule has 0 radical (unpaired) electrons. The highest BCUT2D eigenvalue weighted by Crippen LogP contribution is 2.27. The number of aromatic hydroxyl groups is 2. The number of aliphatic hydroxyl groups excluding tert-OH is 1. The molecule has 0 aliphatic rings. The summed E-state index contributed by atoms with van der Waals surface area (Å²) < 4.78 is 0. The SMILES string of the molecule is O/N=C/C(O)c1ccc(O)c(O)c1. The van der Waals surface area contributed by atoms with Crippen LogP contribution in [-0.4, -0.2) is 26.7 Å². The van der Waals surface area contributed by atoms with Gasteiger partial charge < -0.3 is 20.5 Å². The highest BCUT2D eigenvalue weighted by atomic mass is 16.4. The number of rotatable bonds is 2. The Balaban J connectivity index is 2.96. The third-order valence-electron chi connectivity index (χ3n) is 1.55. The first-order chi connectivity index (χ1) is 6.15. The van der Waals surface area contributed by atoms with Gasteiger partial charge in [0.1, 0.15) is 6.10 Å². The van der Waals surface area contributed by atoms with Crippen molar-refractivity contribution in [3.63, 3.8) is 0 Å². The van der Waals surface area contributed by atoms with Crippen molar-refractivity contribution in [2.75, 3.05) is 0 Å². The Labute approximate surface area is 74.2 Å². The third kappa shape index (κ3) is 2.09. The fourth-order valence-electron chi connectivity index (χ4n) is 0.874. The fraction of sp³-hybridized carbons (Fsp3) is 0.125. The number of nitrogens with zero attached hydrogens (tertiary/aromatic N) is 1. The molecule has 1 rings (SSSR count). The minimum atomic E-state index is -1.10. The lowest BCUT2D eigenvalue weighted by Gasteiger charge is -2.05. The predicted molar refractivity (Wildman–Crippen MR) is 45.0 cm³/mol. The van der Waals surface area contributed by atoms with Gasteiger partial charge in [0.25, 0.3) is 0 Å². The van der Waals surface area contributed by atoms with E-state index in [9.17, 15) is 5.11 Å². The Kier molecular flexibility index (Phi) is 2.71. The molecule has 1 unspecified atom stereocenters. The van der Waals surface area contributed by atoms with E-state index in [2.05, 4.69) is 5.16 Å². The quantitative estimate of drug-likeness (QED) is 0.233. The van der Waals surface area contributed by atoms with Crippen LogP contribution in [0.4, 0.5) is 0 Å². The van der Waals surface area contributed by atoms with Crippen LogP contribution in [0.2, 0.25) is 0 Å². The Morgan fingerprint density at radius 2 is 1.92 bits per heavy atom. The normalized spacial score (nSPS) is 13.3. The molecule has 1 aromatic carbocycles. The molecule has 5 nitrogen and oxygen atoms in total. The maximum atomic E-state index is 9.23. The molecule has 0 saturated carbocycles. The average Bonchev–Trinajstić information content (AvgIpc) is 2.10. The maximum absolute atomic E-state index is 9.23. The molecular formula is C8H9NO4. The van der Waals surface area contributed by atoms with Gasteiger partial charge >= 0.3 is 0 Å². The van der Waals surface area contributed by atoms with Crippen LogP contribution in [0.3, 0.4) is 0 Å². The molecule has 0 amide bonds. The minimum Gasteiger partial charge on any atom is -0.504 e. The van der Waals surface area contributed by atoms with Gasteiger partial charge in [-0.2, -0.15) is 0 Å². The zero-order valence-corrected chi connectivity index (χ0v) is 6.62. The third-order valence-corrected chi connectivity index (χ3v) is 1.55. The second kappa shape index (κ2) is 3.77. The molecule has 0 aliphatic carbocycles. The smallest absolute Gasteiger partial charge is 0.157 e. The zero-order valence-electron chi connectivity index (χ0n) is 6.62. The van der Waals surface area contributed by atoms with Gasteiger partial charge in [-0.25, -0.2) is 0 Å². The number of phenolic OH excluding ortho intramolecular Hbond substituents is 2. The Morgan fingerprint density at radius 3 is 2.46 bits per heavy atom. The number of hydrogen-bond acceptors (Lipinski definition) is 5. The maximum Gasteiger partial charge on any atom is 0.157 e. The number of benzene rings is 1. The average molecular weight is 183 g/mol. The first kappa shape index (κ1) is 9.34. The summed E-state index contributed by atoms with van der Waals surface area (Å²) in [5.74, 6) is -0.597. The summed E-state index contributed by atoms with van der Waals surface area (Å²) in [7, 11) is 0. The monoisotopic (exact) mass is 183 g/mol. The lowest BCUT2D eigenvalue weighted by atomic mass is 10.1. The Bertz CT molecular complexity index is 324. The van der Waals surface area contributed by atoms with Crippen molar-refractivity contribution in [1.82, 2.24) is 0 Å². The predicted octanol–water partition coefficient (Wildman–Crippen LogP) is 0.591. The van der Waals surface area contributed by atoms with Crippen molar-refractivity contribution >= 4 is 6.21 Å². The molecule has 70 valence electrons. The molecule has 13 heavy (non-hydrogen) atoms. The van der Waals surface area contributed by atoms with E-state index < -0.39 is 6.10 Å². The van der Waals surface area contributed by atoms with Gasteiger partial charge in [0.05, 0.1) is 6.21 Å². The van der Waals surface area contributed by atoms with Crippen molar-refractivity contribution in [1.29, 1.82) is 0 Å².